The number of esters is 1. The van der Waals surface area contributed by atoms with E-state index in [1.807, 2.05) is 32.9 Å². The van der Waals surface area contributed by atoms with Crippen molar-refractivity contribution in [3.05, 3.63) is 49.6 Å². The van der Waals surface area contributed by atoms with Crippen LogP contribution in [-0.2, 0) is 19.1 Å². The molecule has 1 aromatic carbocycles. The van der Waals surface area contributed by atoms with Crippen molar-refractivity contribution in [2.24, 2.45) is 17.8 Å². The van der Waals surface area contributed by atoms with Crippen LogP contribution in [0, 0.1) is 17.8 Å². The SMILES string of the molecule is C=CCCCOC(=O)[C@@H]1[C@H]2C(=O)N([C@@H](CO)C(C)C)C(C(=O)N(CC=C)c3ccc(OC)cc3)C23CC[C@@]1(C)S3. The molecule has 3 fully saturated rings. The molecule has 1 spiro atoms. The number of anilines is 1. The van der Waals surface area contributed by atoms with E-state index in [1.165, 1.54) is 0 Å². The molecule has 0 saturated carbocycles. The Bertz CT molecular complexity index is 1140. The number of nitrogens with zero attached hydrogens (tertiary/aromatic N) is 2. The molecule has 3 heterocycles. The highest BCUT2D eigenvalue weighted by Gasteiger charge is 2.78. The summed E-state index contributed by atoms with van der Waals surface area (Å²) < 4.78 is 9.68. The van der Waals surface area contributed by atoms with Gasteiger partial charge in [-0.2, -0.15) is 0 Å². The lowest BCUT2D eigenvalue weighted by molar-refractivity contribution is -0.156. The Labute approximate surface area is 241 Å². The van der Waals surface area contributed by atoms with Crippen LogP contribution >= 0.6 is 11.8 Å². The lowest BCUT2D eigenvalue weighted by Gasteiger charge is -2.40. The topological polar surface area (TPSA) is 96.4 Å². The van der Waals surface area contributed by atoms with Crippen LogP contribution in [0.2, 0.25) is 0 Å². The van der Waals surface area contributed by atoms with Crippen LogP contribution in [0.4, 0.5) is 5.69 Å². The number of ether oxygens (including phenoxy) is 2. The quantitative estimate of drug-likeness (QED) is 0.216. The molecule has 3 saturated heterocycles. The van der Waals surface area contributed by atoms with Crippen molar-refractivity contribution < 1.29 is 29.0 Å². The molecule has 0 aliphatic carbocycles. The second-order valence-corrected chi connectivity index (χ2v) is 13.4. The molecular weight excluding hydrogens is 528 g/mol. The molecule has 4 rings (SSSR count). The number of benzene rings is 1. The number of fused-ring (bicyclic) bond motifs is 1. The zero-order valence-corrected chi connectivity index (χ0v) is 24.8. The summed E-state index contributed by atoms with van der Waals surface area (Å²) in [6, 6.07) is 5.78. The Morgan fingerprint density at radius 3 is 2.50 bits per heavy atom. The predicted octanol–water partition coefficient (Wildman–Crippen LogP) is 4.22. The van der Waals surface area contributed by atoms with Gasteiger partial charge in [0.1, 0.15) is 11.8 Å². The highest BCUT2D eigenvalue weighted by molar-refractivity contribution is 8.02. The number of aliphatic hydroxyl groups is 1. The third-order valence-corrected chi connectivity index (χ3v) is 10.8. The highest BCUT2D eigenvalue weighted by Crippen LogP contribution is 2.72. The number of methoxy groups -OCH3 is 1. The fourth-order valence-corrected chi connectivity index (χ4v) is 9.16. The van der Waals surface area contributed by atoms with Gasteiger partial charge in [0.05, 0.1) is 42.9 Å². The first-order chi connectivity index (χ1) is 19.1. The zero-order chi connectivity index (χ0) is 29.2. The predicted molar refractivity (Wildman–Crippen MR) is 157 cm³/mol. The van der Waals surface area contributed by atoms with Gasteiger partial charge in [0, 0.05) is 17.0 Å². The third-order valence-electron chi connectivity index (χ3n) is 8.77. The normalized spacial score (nSPS) is 29.3. The van der Waals surface area contributed by atoms with Crippen molar-refractivity contribution in [1.82, 2.24) is 4.90 Å². The summed E-state index contributed by atoms with van der Waals surface area (Å²) in [6.07, 6.45) is 6.16. The summed E-state index contributed by atoms with van der Waals surface area (Å²) in [6.45, 7) is 13.7. The molecule has 2 bridgehead atoms. The molecule has 218 valence electrons. The number of rotatable bonds is 13. The molecule has 8 nitrogen and oxygen atoms in total. The first-order valence-electron chi connectivity index (χ1n) is 14.1. The molecule has 9 heteroatoms. The van der Waals surface area contributed by atoms with Crippen LogP contribution in [0.3, 0.4) is 0 Å². The fourth-order valence-electron chi connectivity index (χ4n) is 6.83. The Morgan fingerprint density at radius 2 is 1.93 bits per heavy atom. The maximum atomic E-state index is 14.7. The van der Waals surface area contributed by atoms with E-state index in [-0.39, 0.29) is 43.5 Å². The van der Waals surface area contributed by atoms with E-state index in [0.29, 0.717) is 30.7 Å². The largest absolute Gasteiger partial charge is 0.497 e. The Kier molecular flexibility index (Phi) is 9.05. The molecule has 2 unspecified atom stereocenters. The lowest BCUT2D eigenvalue weighted by Crippen LogP contribution is -2.58. The van der Waals surface area contributed by atoms with Crippen LogP contribution in [0.25, 0.3) is 0 Å². The van der Waals surface area contributed by atoms with Crippen molar-refractivity contribution in [2.75, 3.05) is 31.8 Å². The molecule has 40 heavy (non-hydrogen) atoms. The first-order valence-corrected chi connectivity index (χ1v) is 14.9. The minimum Gasteiger partial charge on any atom is -0.497 e. The average Bonchev–Trinajstić information content (AvgIpc) is 3.50. The number of hydrogen-bond donors (Lipinski definition) is 1. The van der Waals surface area contributed by atoms with Gasteiger partial charge < -0.3 is 24.4 Å². The number of allylic oxidation sites excluding steroid dienone is 1. The van der Waals surface area contributed by atoms with E-state index in [1.54, 1.807) is 53.0 Å². The van der Waals surface area contributed by atoms with Gasteiger partial charge in [-0.15, -0.1) is 24.9 Å². The number of aliphatic hydroxyl groups excluding tert-OH is 1. The van der Waals surface area contributed by atoms with E-state index >= 15 is 0 Å². The van der Waals surface area contributed by atoms with Crippen LogP contribution in [-0.4, -0.2) is 76.2 Å². The molecule has 0 aromatic heterocycles. The molecule has 3 aliphatic heterocycles. The summed E-state index contributed by atoms with van der Waals surface area (Å²) in [7, 11) is 1.58. The van der Waals surface area contributed by atoms with E-state index < -0.39 is 33.4 Å². The molecular formula is C31H42N2O6S. The van der Waals surface area contributed by atoms with Gasteiger partial charge in [-0.05, 0) is 62.8 Å². The van der Waals surface area contributed by atoms with Gasteiger partial charge in [0.15, 0.2) is 0 Å². The Morgan fingerprint density at radius 1 is 1.23 bits per heavy atom. The van der Waals surface area contributed by atoms with Crippen LogP contribution < -0.4 is 9.64 Å². The fraction of sp³-hybridized carbons (Fsp3) is 0.581. The second-order valence-electron chi connectivity index (χ2n) is 11.5. The monoisotopic (exact) mass is 570 g/mol. The maximum absolute atomic E-state index is 14.7. The number of thioether (sulfide) groups is 1. The summed E-state index contributed by atoms with van der Waals surface area (Å²) >= 11 is 1.60. The van der Waals surface area contributed by atoms with Gasteiger partial charge in [0.25, 0.3) is 5.91 Å². The summed E-state index contributed by atoms with van der Waals surface area (Å²) in [5.74, 6) is -1.67. The average molecular weight is 571 g/mol. The van der Waals surface area contributed by atoms with Gasteiger partial charge in [-0.1, -0.05) is 26.0 Å². The second kappa shape index (κ2) is 12.0. The first kappa shape index (κ1) is 30.2. The number of likely N-dealkylation sites (tertiary alicyclic amines) is 1. The zero-order valence-electron chi connectivity index (χ0n) is 24.0. The highest BCUT2D eigenvalue weighted by atomic mass is 32.2. The number of carbonyl (C=O) groups is 3. The smallest absolute Gasteiger partial charge is 0.311 e. The lowest BCUT2D eigenvalue weighted by atomic mass is 9.66. The van der Waals surface area contributed by atoms with Crippen molar-refractivity contribution >= 4 is 35.2 Å². The third kappa shape index (κ3) is 4.96. The van der Waals surface area contributed by atoms with E-state index in [9.17, 15) is 19.5 Å². The summed E-state index contributed by atoms with van der Waals surface area (Å²) in [5.41, 5.74) is 0.657. The van der Waals surface area contributed by atoms with Gasteiger partial charge in [-0.3, -0.25) is 14.4 Å². The maximum Gasteiger partial charge on any atom is 0.311 e. The number of hydrogen-bond acceptors (Lipinski definition) is 7. The Hall–Kier alpha value is -2.78. The van der Waals surface area contributed by atoms with Crippen LogP contribution in [0.15, 0.2) is 49.6 Å². The van der Waals surface area contributed by atoms with Crippen molar-refractivity contribution in [2.45, 2.75) is 68.0 Å². The van der Waals surface area contributed by atoms with E-state index in [0.717, 1.165) is 6.42 Å². The number of carbonyl (C=O) groups excluding carboxylic acids is 3. The van der Waals surface area contributed by atoms with Gasteiger partial charge in [0.2, 0.25) is 5.91 Å². The Balaban J connectivity index is 1.78. The van der Waals surface area contributed by atoms with Gasteiger partial charge >= 0.3 is 5.97 Å². The van der Waals surface area contributed by atoms with E-state index in [2.05, 4.69) is 13.2 Å². The van der Waals surface area contributed by atoms with E-state index in [4.69, 9.17) is 9.47 Å². The molecule has 3 aliphatic rings. The number of amides is 2. The standard InChI is InChI=1S/C31H42N2O6S/c1-7-9-10-18-39-29(37)25-24-27(35)33(23(19-34)20(3)4)26(31(24)16-15-30(25,5)40-31)28(36)32(17-8-2)21-11-13-22(38-6)14-12-21/h7-8,11-14,20,23-26,34H,1-2,9-10,15-19H2,3-6H3/t23-,24-,25-,26?,30+,31?/m0/s1. The van der Waals surface area contributed by atoms with Crippen LogP contribution in [0.5, 0.6) is 5.75 Å². The summed E-state index contributed by atoms with van der Waals surface area (Å²) in [4.78, 5) is 45.9. The molecule has 1 N–H and O–H groups in total. The summed E-state index contributed by atoms with van der Waals surface area (Å²) in [5, 5.41) is 10.5. The molecule has 0 radical (unpaired) electrons. The van der Waals surface area contributed by atoms with Crippen LogP contribution in [0.1, 0.15) is 46.5 Å². The number of unbranched alkanes of at least 4 members (excludes halogenated alkanes) is 1. The molecule has 1 aromatic rings. The minimum absolute atomic E-state index is 0.101. The van der Waals surface area contributed by atoms with Crippen molar-refractivity contribution in [3.63, 3.8) is 0 Å². The van der Waals surface area contributed by atoms with Gasteiger partial charge in [-0.25, -0.2) is 0 Å². The van der Waals surface area contributed by atoms with Crippen molar-refractivity contribution in [3.8, 4) is 5.75 Å². The van der Waals surface area contributed by atoms with Crippen molar-refractivity contribution in [1.29, 1.82) is 0 Å². The molecule has 2 amide bonds. The molecule has 6 atom stereocenters. The minimum atomic E-state index is -0.850.